The molecule has 0 amide bonds. The molecule has 1 atom stereocenters. The minimum Gasteiger partial charge on any atom is -0.392 e. The molecule has 0 saturated heterocycles. The largest absolute Gasteiger partial charge is 0.392 e. The first-order chi connectivity index (χ1) is 9.54. The van der Waals surface area contributed by atoms with E-state index >= 15 is 0 Å². The minimum absolute atomic E-state index is 0.278. The van der Waals surface area contributed by atoms with E-state index in [1.807, 2.05) is 24.3 Å². The lowest BCUT2D eigenvalue weighted by Gasteiger charge is -2.12. The number of aliphatic hydroxyl groups is 1. The van der Waals surface area contributed by atoms with Crippen LogP contribution < -0.4 is 0 Å². The summed E-state index contributed by atoms with van der Waals surface area (Å²) in [5.41, 5.74) is 0.912. The summed E-state index contributed by atoms with van der Waals surface area (Å²) in [6, 6.07) is 12.5. The summed E-state index contributed by atoms with van der Waals surface area (Å²) in [4.78, 5) is 1.12. The maximum atomic E-state index is 13.0. The van der Waals surface area contributed by atoms with Crippen molar-refractivity contribution in [2.75, 3.05) is 5.75 Å². The van der Waals surface area contributed by atoms with Gasteiger partial charge in [-0.05, 0) is 42.0 Å². The van der Waals surface area contributed by atoms with Gasteiger partial charge in [0.05, 0.1) is 6.10 Å². The summed E-state index contributed by atoms with van der Waals surface area (Å²) in [5.74, 6) is 0.324. The molecule has 0 saturated carbocycles. The quantitative estimate of drug-likeness (QED) is 0.684. The van der Waals surface area contributed by atoms with Crippen LogP contribution in [-0.4, -0.2) is 17.0 Å². The molecule has 2 rings (SSSR count). The zero-order chi connectivity index (χ0) is 14.5. The van der Waals surface area contributed by atoms with Gasteiger partial charge in [-0.3, -0.25) is 0 Å². The Morgan fingerprint density at radius 1 is 1.10 bits per heavy atom. The number of aliphatic hydroxyl groups excluding tert-OH is 1. The van der Waals surface area contributed by atoms with E-state index in [-0.39, 0.29) is 5.82 Å². The van der Waals surface area contributed by atoms with Gasteiger partial charge in [0.1, 0.15) is 5.82 Å². The molecule has 0 heterocycles. The SMILES string of the molecule is OC(CSc1ccc(Br)cc1)Cc1ccc(F)cc1Br. The van der Waals surface area contributed by atoms with Crippen LogP contribution in [0.2, 0.25) is 0 Å². The Morgan fingerprint density at radius 3 is 2.45 bits per heavy atom. The van der Waals surface area contributed by atoms with E-state index in [0.29, 0.717) is 16.6 Å². The highest BCUT2D eigenvalue weighted by molar-refractivity contribution is 9.10. The lowest BCUT2D eigenvalue weighted by atomic mass is 10.1. The van der Waals surface area contributed by atoms with Crippen molar-refractivity contribution in [3.63, 3.8) is 0 Å². The number of hydrogen-bond donors (Lipinski definition) is 1. The molecule has 0 aliphatic rings. The maximum absolute atomic E-state index is 13.0. The van der Waals surface area contributed by atoms with Crippen molar-refractivity contribution < 1.29 is 9.50 Å². The molecular formula is C15H13Br2FOS. The molecular weight excluding hydrogens is 407 g/mol. The Morgan fingerprint density at radius 2 is 1.80 bits per heavy atom. The van der Waals surface area contributed by atoms with Gasteiger partial charge in [0, 0.05) is 26.0 Å². The Labute approximate surface area is 138 Å². The van der Waals surface area contributed by atoms with Crippen LogP contribution in [0.25, 0.3) is 0 Å². The van der Waals surface area contributed by atoms with E-state index in [1.165, 1.54) is 12.1 Å². The van der Waals surface area contributed by atoms with Crippen molar-refractivity contribution in [2.45, 2.75) is 17.4 Å². The molecule has 1 unspecified atom stereocenters. The standard InChI is InChI=1S/C15H13Br2FOS/c16-11-2-5-14(6-3-11)20-9-13(19)7-10-1-4-12(18)8-15(10)17/h1-6,8,13,19H,7,9H2. The summed E-state index contributed by atoms with van der Waals surface area (Å²) in [6.45, 7) is 0. The smallest absolute Gasteiger partial charge is 0.124 e. The highest BCUT2D eigenvalue weighted by Crippen LogP contribution is 2.24. The molecule has 0 aromatic heterocycles. The molecule has 0 radical (unpaired) electrons. The van der Waals surface area contributed by atoms with Crippen LogP contribution in [-0.2, 0) is 6.42 Å². The van der Waals surface area contributed by atoms with Gasteiger partial charge in [0.2, 0.25) is 0 Å². The van der Waals surface area contributed by atoms with Crippen LogP contribution in [0.15, 0.2) is 56.3 Å². The molecule has 0 fully saturated rings. The number of hydrogen-bond acceptors (Lipinski definition) is 2. The zero-order valence-electron chi connectivity index (χ0n) is 10.5. The monoisotopic (exact) mass is 418 g/mol. The van der Waals surface area contributed by atoms with Crippen LogP contribution in [0.4, 0.5) is 4.39 Å². The Balaban J connectivity index is 1.89. The second-order valence-corrected chi connectivity index (χ2v) is 7.22. The normalized spacial score (nSPS) is 12.4. The maximum Gasteiger partial charge on any atom is 0.124 e. The van der Waals surface area contributed by atoms with Gasteiger partial charge in [0.25, 0.3) is 0 Å². The number of halogens is 3. The summed E-state index contributed by atoms with van der Waals surface area (Å²) < 4.78 is 14.7. The predicted octanol–water partition coefficient (Wildman–Crippen LogP) is 5.05. The third kappa shape index (κ3) is 4.88. The average Bonchev–Trinajstić information content (AvgIpc) is 2.41. The molecule has 0 bridgehead atoms. The van der Waals surface area contributed by atoms with E-state index in [9.17, 15) is 9.50 Å². The fraction of sp³-hybridized carbons (Fsp3) is 0.200. The van der Waals surface area contributed by atoms with E-state index in [1.54, 1.807) is 17.8 Å². The summed E-state index contributed by atoms with van der Waals surface area (Å²) in [6.07, 6.45) is 0.0371. The van der Waals surface area contributed by atoms with Gasteiger partial charge >= 0.3 is 0 Å². The highest BCUT2D eigenvalue weighted by atomic mass is 79.9. The highest BCUT2D eigenvalue weighted by Gasteiger charge is 2.10. The van der Waals surface area contributed by atoms with Gasteiger partial charge in [-0.2, -0.15) is 0 Å². The summed E-state index contributed by atoms with van der Waals surface area (Å²) in [5, 5.41) is 10.1. The predicted molar refractivity (Wildman–Crippen MR) is 88.7 cm³/mol. The van der Waals surface area contributed by atoms with Crippen LogP contribution in [0, 0.1) is 5.82 Å². The van der Waals surface area contributed by atoms with Gasteiger partial charge in [-0.1, -0.05) is 37.9 Å². The Hall–Kier alpha value is -0.360. The molecule has 0 aliphatic heterocycles. The second-order valence-electron chi connectivity index (χ2n) is 4.36. The molecule has 1 nitrogen and oxygen atoms in total. The van der Waals surface area contributed by atoms with Gasteiger partial charge in [-0.25, -0.2) is 4.39 Å². The van der Waals surface area contributed by atoms with Crippen molar-refractivity contribution in [2.24, 2.45) is 0 Å². The molecule has 2 aromatic carbocycles. The van der Waals surface area contributed by atoms with Crippen LogP contribution >= 0.6 is 43.6 Å². The van der Waals surface area contributed by atoms with Crippen LogP contribution in [0.1, 0.15) is 5.56 Å². The molecule has 1 N–H and O–H groups in total. The minimum atomic E-state index is -0.467. The van der Waals surface area contributed by atoms with Crippen molar-refractivity contribution in [1.82, 2.24) is 0 Å². The summed E-state index contributed by atoms with van der Waals surface area (Å²) >= 11 is 8.31. The molecule has 5 heteroatoms. The fourth-order valence-electron chi connectivity index (χ4n) is 1.72. The van der Waals surface area contributed by atoms with E-state index < -0.39 is 6.10 Å². The van der Waals surface area contributed by atoms with Crippen molar-refractivity contribution in [3.8, 4) is 0 Å². The Kier molecular flexibility index (Phi) is 6.08. The molecule has 0 aliphatic carbocycles. The Bertz CT molecular complexity index is 575. The van der Waals surface area contributed by atoms with Gasteiger partial charge < -0.3 is 5.11 Å². The van der Waals surface area contributed by atoms with Gasteiger partial charge in [0.15, 0.2) is 0 Å². The zero-order valence-corrected chi connectivity index (χ0v) is 14.5. The van der Waals surface area contributed by atoms with E-state index in [2.05, 4.69) is 31.9 Å². The number of rotatable bonds is 5. The number of thioether (sulfide) groups is 1. The third-order valence-electron chi connectivity index (χ3n) is 2.73. The lowest BCUT2D eigenvalue weighted by molar-refractivity contribution is 0.200. The third-order valence-corrected chi connectivity index (χ3v) is 5.15. The lowest BCUT2D eigenvalue weighted by Crippen LogP contribution is -2.13. The molecule has 0 spiro atoms. The summed E-state index contributed by atoms with van der Waals surface area (Å²) in [7, 11) is 0. The number of benzene rings is 2. The first-order valence-electron chi connectivity index (χ1n) is 6.05. The van der Waals surface area contributed by atoms with E-state index in [4.69, 9.17) is 0 Å². The van der Waals surface area contributed by atoms with Crippen molar-refractivity contribution in [3.05, 3.63) is 62.8 Å². The van der Waals surface area contributed by atoms with Crippen molar-refractivity contribution in [1.29, 1.82) is 0 Å². The van der Waals surface area contributed by atoms with Crippen molar-refractivity contribution >= 4 is 43.6 Å². The first kappa shape index (κ1) is 16.0. The molecule has 2 aromatic rings. The van der Waals surface area contributed by atoms with Crippen LogP contribution in [0.5, 0.6) is 0 Å². The fourth-order valence-corrected chi connectivity index (χ4v) is 3.33. The van der Waals surface area contributed by atoms with Crippen LogP contribution in [0.3, 0.4) is 0 Å². The molecule has 106 valence electrons. The average molecular weight is 420 g/mol. The van der Waals surface area contributed by atoms with Gasteiger partial charge in [-0.15, -0.1) is 11.8 Å². The van der Waals surface area contributed by atoms with E-state index in [0.717, 1.165) is 14.9 Å². The second kappa shape index (κ2) is 7.59. The molecule has 20 heavy (non-hydrogen) atoms. The first-order valence-corrected chi connectivity index (χ1v) is 8.62. The topological polar surface area (TPSA) is 20.2 Å².